The summed E-state index contributed by atoms with van der Waals surface area (Å²) in [6.45, 7) is 6.50. The third-order valence-corrected chi connectivity index (χ3v) is 9.03. The van der Waals surface area contributed by atoms with Crippen LogP contribution in [-0.4, -0.2) is 30.6 Å². The number of carbonyl (C=O) groups is 1. The van der Waals surface area contributed by atoms with E-state index in [9.17, 15) is 13.2 Å². The maximum atomic E-state index is 13.9. The molecule has 41 heavy (non-hydrogen) atoms. The van der Waals surface area contributed by atoms with E-state index in [0.29, 0.717) is 50.7 Å². The van der Waals surface area contributed by atoms with Gasteiger partial charge in [0.2, 0.25) is 0 Å². The molecule has 0 N–H and O–H groups in total. The van der Waals surface area contributed by atoms with Crippen LogP contribution in [0.2, 0.25) is 5.02 Å². The van der Waals surface area contributed by atoms with Crippen LogP contribution >= 0.6 is 11.6 Å². The van der Waals surface area contributed by atoms with Gasteiger partial charge in [-0.2, -0.15) is 13.5 Å². The van der Waals surface area contributed by atoms with Crippen molar-refractivity contribution >= 4 is 38.4 Å². The lowest BCUT2D eigenvalue weighted by Gasteiger charge is -2.20. The van der Waals surface area contributed by atoms with Gasteiger partial charge < -0.3 is 4.74 Å². The highest BCUT2D eigenvalue weighted by Gasteiger charge is 2.33. The van der Waals surface area contributed by atoms with Crippen LogP contribution in [0.5, 0.6) is 5.75 Å². The number of carbonyl (C=O) groups excluding carboxylic acids is 1. The third kappa shape index (κ3) is 4.82. The van der Waals surface area contributed by atoms with E-state index in [4.69, 9.17) is 25.6 Å². The minimum atomic E-state index is -3.92. The van der Waals surface area contributed by atoms with E-state index in [1.807, 2.05) is 12.1 Å². The number of hydrogen-bond donors (Lipinski definition) is 0. The number of aromatic nitrogens is 2. The predicted octanol–water partition coefficient (Wildman–Crippen LogP) is 6.81. The minimum Gasteiger partial charge on any atom is -0.488 e. The van der Waals surface area contributed by atoms with Crippen molar-refractivity contribution in [2.45, 2.75) is 38.8 Å². The Hall–Kier alpha value is -3.98. The number of nitrogens with zero attached hydrogens (tertiary/aromatic N) is 2. The van der Waals surface area contributed by atoms with E-state index in [1.165, 1.54) is 17.7 Å². The molecule has 0 aliphatic heterocycles. The number of halogens is 1. The van der Waals surface area contributed by atoms with E-state index in [2.05, 4.69) is 32.9 Å². The van der Waals surface area contributed by atoms with Crippen LogP contribution in [0.4, 0.5) is 0 Å². The van der Waals surface area contributed by atoms with Crippen molar-refractivity contribution in [3.63, 3.8) is 0 Å². The highest BCUT2D eigenvalue weighted by Crippen LogP contribution is 2.44. The third-order valence-electron chi connectivity index (χ3n) is 7.39. The molecule has 0 saturated carbocycles. The molecule has 1 aromatic heterocycles. The molecule has 1 heterocycles. The summed E-state index contributed by atoms with van der Waals surface area (Å²) in [4.78, 5) is 14.0. The second kappa shape index (κ2) is 10.4. The van der Waals surface area contributed by atoms with Gasteiger partial charge in [-0.05, 0) is 67.8 Å². The number of benzene rings is 4. The van der Waals surface area contributed by atoms with Gasteiger partial charge >= 0.3 is 0 Å². The summed E-state index contributed by atoms with van der Waals surface area (Å²) in [7, 11) is -3.92. The number of aryl methyl sites for hydroxylation is 3. The Kier molecular flexibility index (Phi) is 6.93. The minimum absolute atomic E-state index is 0.0843. The van der Waals surface area contributed by atoms with E-state index in [1.54, 1.807) is 41.1 Å². The lowest BCUT2D eigenvalue weighted by Crippen LogP contribution is -2.13. The van der Waals surface area contributed by atoms with Crippen molar-refractivity contribution < 1.29 is 22.1 Å². The molecule has 1 aliphatic carbocycles. The summed E-state index contributed by atoms with van der Waals surface area (Å²) in [5.74, 6) is 0.218. The van der Waals surface area contributed by atoms with Crippen molar-refractivity contribution in [2.75, 3.05) is 6.61 Å². The van der Waals surface area contributed by atoms with E-state index in [-0.39, 0.29) is 23.8 Å². The molecule has 0 unspecified atom stereocenters. The first-order chi connectivity index (χ1) is 19.7. The van der Waals surface area contributed by atoms with Crippen LogP contribution in [0.3, 0.4) is 0 Å². The number of ether oxygens (including phenoxy) is 1. The maximum absolute atomic E-state index is 13.9. The summed E-state index contributed by atoms with van der Waals surface area (Å²) in [5, 5.41) is 5.75. The lowest BCUT2D eigenvalue weighted by molar-refractivity contribution is 0.103. The van der Waals surface area contributed by atoms with Crippen molar-refractivity contribution in [1.29, 1.82) is 0 Å². The lowest BCUT2D eigenvalue weighted by atomic mass is 9.86. The fourth-order valence-electron chi connectivity index (χ4n) is 5.51. The highest BCUT2D eigenvalue weighted by molar-refractivity contribution is 7.86. The molecule has 208 valence electrons. The largest absolute Gasteiger partial charge is 0.488 e. The normalized spacial score (nSPS) is 12.5. The summed E-state index contributed by atoms with van der Waals surface area (Å²) in [5.41, 5.74) is 7.17. The molecular formula is C32H27ClN2O5S. The molecule has 5 aromatic rings. The zero-order valence-corrected chi connectivity index (χ0v) is 24.3. The molecule has 0 saturated heterocycles. The molecule has 0 fully saturated rings. The van der Waals surface area contributed by atoms with Gasteiger partial charge in [0, 0.05) is 10.9 Å². The van der Waals surface area contributed by atoms with Crippen molar-refractivity contribution in [1.82, 2.24) is 9.78 Å². The van der Waals surface area contributed by atoms with Gasteiger partial charge in [-0.1, -0.05) is 59.6 Å². The van der Waals surface area contributed by atoms with E-state index < -0.39 is 10.1 Å². The molecule has 0 bridgehead atoms. The molecule has 0 radical (unpaired) electrons. The quantitative estimate of drug-likeness (QED) is 0.182. The fraction of sp³-hybridized carbons (Fsp3) is 0.188. The standard InChI is InChI=1S/C32H27ClN2O5S/c1-19-16-20(2)24(21(3)17-19)18-39-27-11-7-10-23-28(27)32(36)29-25(33)12-13-26-30(29)31(23)34-35(26)14-15-40-41(37,38)22-8-5-4-6-9-22/h4-13,16-17H,14-15,18H2,1-3H3. The smallest absolute Gasteiger partial charge is 0.297 e. The Morgan fingerprint density at radius 2 is 1.63 bits per heavy atom. The van der Waals surface area contributed by atoms with Crippen LogP contribution in [0.1, 0.15) is 38.2 Å². The van der Waals surface area contributed by atoms with Crippen molar-refractivity contribution in [2.24, 2.45) is 0 Å². The Morgan fingerprint density at radius 1 is 0.902 bits per heavy atom. The average molecular weight is 587 g/mol. The first-order valence-corrected chi connectivity index (χ1v) is 15.0. The van der Waals surface area contributed by atoms with E-state index in [0.717, 1.165) is 16.7 Å². The molecule has 1 aliphatic rings. The predicted molar refractivity (Wildman–Crippen MR) is 158 cm³/mol. The zero-order valence-electron chi connectivity index (χ0n) is 22.8. The van der Waals surface area contributed by atoms with Gasteiger partial charge in [0.1, 0.15) is 18.1 Å². The second-order valence-corrected chi connectivity index (χ2v) is 12.2. The Labute approximate surface area is 243 Å². The van der Waals surface area contributed by atoms with Crippen LogP contribution in [0.15, 0.2) is 77.7 Å². The average Bonchev–Trinajstić information content (AvgIpc) is 3.30. The molecular weight excluding hydrogens is 560 g/mol. The molecule has 0 amide bonds. The summed E-state index contributed by atoms with van der Waals surface area (Å²) in [6, 6.07) is 21.1. The molecule has 0 spiro atoms. The molecule has 0 atom stereocenters. The first-order valence-electron chi connectivity index (χ1n) is 13.2. The van der Waals surface area contributed by atoms with E-state index >= 15 is 0 Å². The number of hydrogen-bond acceptors (Lipinski definition) is 6. The Morgan fingerprint density at radius 3 is 2.37 bits per heavy atom. The number of rotatable bonds is 8. The zero-order chi connectivity index (χ0) is 28.9. The fourth-order valence-corrected chi connectivity index (χ4v) is 6.67. The number of ketones is 1. The SMILES string of the molecule is Cc1cc(C)c(COc2cccc3c2C(=O)c2c(Cl)ccc4c2c-3nn4CCOS(=O)(=O)c2ccccc2)c(C)c1. The van der Waals surface area contributed by atoms with Crippen molar-refractivity contribution in [3.8, 4) is 17.0 Å². The van der Waals surface area contributed by atoms with Crippen LogP contribution in [0.25, 0.3) is 22.2 Å². The monoisotopic (exact) mass is 586 g/mol. The Bertz CT molecular complexity index is 1930. The van der Waals surface area contributed by atoms with Gasteiger partial charge in [0.15, 0.2) is 5.78 Å². The summed E-state index contributed by atoms with van der Waals surface area (Å²) >= 11 is 6.59. The van der Waals surface area contributed by atoms with Crippen LogP contribution < -0.4 is 4.74 Å². The van der Waals surface area contributed by atoms with Gasteiger partial charge in [0.05, 0.1) is 39.7 Å². The maximum Gasteiger partial charge on any atom is 0.297 e. The van der Waals surface area contributed by atoms with Crippen LogP contribution in [-0.2, 0) is 27.5 Å². The van der Waals surface area contributed by atoms with Gasteiger partial charge in [-0.25, -0.2) is 0 Å². The van der Waals surface area contributed by atoms with Gasteiger partial charge in [0.25, 0.3) is 10.1 Å². The summed E-state index contributed by atoms with van der Waals surface area (Å²) < 4.78 is 38.4. The second-order valence-electron chi connectivity index (χ2n) is 10.2. The van der Waals surface area contributed by atoms with Gasteiger partial charge in [-0.3, -0.25) is 13.7 Å². The molecule has 7 nitrogen and oxygen atoms in total. The first kappa shape index (κ1) is 27.2. The molecule has 4 aromatic carbocycles. The Balaban J connectivity index is 1.35. The topological polar surface area (TPSA) is 87.5 Å². The molecule has 9 heteroatoms. The van der Waals surface area contributed by atoms with Gasteiger partial charge in [-0.15, -0.1) is 0 Å². The summed E-state index contributed by atoms with van der Waals surface area (Å²) in [6.07, 6.45) is 0. The van der Waals surface area contributed by atoms with Crippen LogP contribution in [0, 0.1) is 20.8 Å². The van der Waals surface area contributed by atoms with Crippen molar-refractivity contribution in [3.05, 3.63) is 111 Å². The highest BCUT2D eigenvalue weighted by atomic mass is 35.5. The molecule has 6 rings (SSSR count). The number of fused-ring (bicyclic) bond motifs is 2.